The Balaban J connectivity index is 2.11. The SMILES string of the molecule is CC(=O)N(CCC(=O)Nc1ccccc1C(F)(F)F)c1cc(C)cc(C)c1. The first-order valence-electron chi connectivity index (χ1n) is 8.40. The smallest absolute Gasteiger partial charge is 0.325 e. The molecule has 1 N–H and O–H groups in total. The summed E-state index contributed by atoms with van der Waals surface area (Å²) in [6, 6.07) is 10.4. The number of benzene rings is 2. The molecule has 0 radical (unpaired) electrons. The Morgan fingerprint density at radius 2 is 1.63 bits per heavy atom. The van der Waals surface area contributed by atoms with Gasteiger partial charge in [0.25, 0.3) is 0 Å². The average molecular weight is 378 g/mol. The lowest BCUT2D eigenvalue weighted by molar-refractivity contribution is -0.137. The first-order chi connectivity index (χ1) is 12.6. The van der Waals surface area contributed by atoms with E-state index in [1.165, 1.54) is 30.0 Å². The Morgan fingerprint density at radius 3 is 2.19 bits per heavy atom. The number of aryl methyl sites for hydroxylation is 2. The van der Waals surface area contributed by atoms with E-state index in [0.29, 0.717) is 5.69 Å². The number of nitrogens with one attached hydrogen (secondary N) is 1. The van der Waals surface area contributed by atoms with Gasteiger partial charge in [-0.3, -0.25) is 9.59 Å². The first-order valence-corrected chi connectivity index (χ1v) is 8.40. The molecule has 0 saturated carbocycles. The van der Waals surface area contributed by atoms with Crippen LogP contribution in [-0.4, -0.2) is 18.4 Å². The highest BCUT2D eigenvalue weighted by atomic mass is 19.4. The van der Waals surface area contributed by atoms with Crippen molar-refractivity contribution in [3.63, 3.8) is 0 Å². The lowest BCUT2D eigenvalue weighted by atomic mass is 10.1. The van der Waals surface area contributed by atoms with Gasteiger partial charge in [0.1, 0.15) is 0 Å². The van der Waals surface area contributed by atoms with E-state index in [1.807, 2.05) is 32.0 Å². The number of hydrogen-bond acceptors (Lipinski definition) is 2. The third kappa shape index (κ3) is 5.57. The number of rotatable bonds is 5. The van der Waals surface area contributed by atoms with Crippen LogP contribution in [0.3, 0.4) is 0 Å². The maximum absolute atomic E-state index is 13.0. The van der Waals surface area contributed by atoms with Crippen LogP contribution in [-0.2, 0) is 15.8 Å². The number of alkyl halides is 3. The maximum atomic E-state index is 13.0. The summed E-state index contributed by atoms with van der Waals surface area (Å²) in [4.78, 5) is 25.6. The number of amides is 2. The van der Waals surface area contributed by atoms with Gasteiger partial charge in [0.2, 0.25) is 11.8 Å². The molecule has 2 aromatic rings. The van der Waals surface area contributed by atoms with Crippen molar-refractivity contribution in [2.45, 2.75) is 33.4 Å². The van der Waals surface area contributed by atoms with Crippen molar-refractivity contribution in [1.82, 2.24) is 0 Å². The first kappa shape index (κ1) is 20.5. The summed E-state index contributed by atoms with van der Waals surface area (Å²) >= 11 is 0. The number of carbonyl (C=O) groups excluding carboxylic acids is 2. The van der Waals surface area contributed by atoms with Crippen molar-refractivity contribution >= 4 is 23.2 Å². The summed E-state index contributed by atoms with van der Waals surface area (Å²) in [6.07, 6.45) is -4.69. The summed E-state index contributed by atoms with van der Waals surface area (Å²) in [5.41, 5.74) is 1.40. The zero-order valence-electron chi connectivity index (χ0n) is 15.4. The van der Waals surface area contributed by atoms with Crippen molar-refractivity contribution in [3.8, 4) is 0 Å². The number of halogens is 3. The lowest BCUT2D eigenvalue weighted by Gasteiger charge is -2.22. The highest BCUT2D eigenvalue weighted by Gasteiger charge is 2.33. The number of anilines is 2. The van der Waals surface area contributed by atoms with Gasteiger partial charge in [-0.05, 0) is 49.2 Å². The second-order valence-corrected chi connectivity index (χ2v) is 6.36. The largest absolute Gasteiger partial charge is 0.418 e. The molecular formula is C20H21F3N2O2. The van der Waals surface area contributed by atoms with E-state index in [9.17, 15) is 22.8 Å². The standard InChI is InChI=1S/C20H21F3N2O2/c1-13-10-14(2)12-16(11-13)25(15(3)26)9-8-19(27)24-18-7-5-4-6-17(18)20(21,22)23/h4-7,10-12H,8-9H2,1-3H3,(H,24,27). The summed E-state index contributed by atoms with van der Waals surface area (Å²) in [5.74, 6) is -0.842. The molecule has 2 amide bonds. The molecule has 0 unspecified atom stereocenters. The minimum Gasteiger partial charge on any atom is -0.325 e. The van der Waals surface area contributed by atoms with Gasteiger partial charge in [0.15, 0.2) is 0 Å². The molecule has 0 fully saturated rings. The zero-order chi connectivity index (χ0) is 20.2. The monoisotopic (exact) mass is 378 g/mol. The van der Waals surface area contributed by atoms with Gasteiger partial charge < -0.3 is 10.2 Å². The highest BCUT2D eigenvalue weighted by Crippen LogP contribution is 2.34. The van der Waals surface area contributed by atoms with Gasteiger partial charge in [-0.2, -0.15) is 13.2 Å². The van der Waals surface area contributed by atoms with Crippen molar-refractivity contribution in [3.05, 3.63) is 59.2 Å². The molecule has 0 aliphatic rings. The Hall–Kier alpha value is -2.83. The van der Waals surface area contributed by atoms with Crippen LogP contribution in [0, 0.1) is 13.8 Å². The molecule has 0 aliphatic carbocycles. The molecule has 27 heavy (non-hydrogen) atoms. The fourth-order valence-corrected chi connectivity index (χ4v) is 2.84. The van der Waals surface area contributed by atoms with Crippen LogP contribution >= 0.6 is 0 Å². The number of para-hydroxylation sites is 1. The van der Waals surface area contributed by atoms with Crippen LogP contribution in [0.2, 0.25) is 0 Å². The molecule has 0 aliphatic heterocycles. The normalized spacial score (nSPS) is 11.2. The fourth-order valence-electron chi connectivity index (χ4n) is 2.84. The predicted octanol–water partition coefficient (Wildman–Crippen LogP) is 4.70. The Kier molecular flexibility index (Phi) is 6.25. The van der Waals surface area contributed by atoms with Gasteiger partial charge in [-0.15, -0.1) is 0 Å². The molecule has 4 nitrogen and oxygen atoms in total. The van der Waals surface area contributed by atoms with Crippen LogP contribution in [0.15, 0.2) is 42.5 Å². The molecule has 0 spiro atoms. The molecule has 0 bridgehead atoms. The molecule has 0 saturated heterocycles. The van der Waals surface area contributed by atoms with Crippen molar-refractivity contribution < 1.29 is 22.8 Å². The summed E-state index contributed by atoms with van der Waals surface area (Å²) in [6.45, 7) is 5.25. The van der Waals surface area contributed by atoms with Crippen molar-refractivity contribution in [1.29, 1.82) is 0 Å². The van der Waals surface area contributed by atoms with Gasteiger partial charge in [0, 0.05) is 25.6 Å². The zero-order valence-corrected chi connectivity index (χ0v) is 15.4. The molecular weight excluding hydrogens is 357 g/mol. The van der Waals surface area contributed by atoms with Gasteiger partial charge in [0.05, 0.1) is 11.3 Å². The summed E-state index contributed by atoms with van der Waals surface area (Å²) in [5, 5.41) is 2.29. The number of nitrogens with zero attached hydrogens (tertiary/aromatic N) is 1. The molecule has 2 aromatic carbocycles. The van der Waals surface area contributed by atoms with Gasteiger partial charge >= 0.3 is 6.18 Å². The van der Waals surface area contributed by atoms with Gasteiger partial charge in [-0.1, -0.05) is 18.2 Å². The van der Waals surface area contributed by atoms with Crippen LogP contribution < -0.4 is 10.2 Å². The van der Waals surface area contributed by atoms with E-state index >= 15 is 0 Å². The predicted molar refractivity (Wildman–Crippen MR) is 98.6 cm³/mol. The van der Waals surface area contributed by atoms with Crippen LogP contribution in [0.4, 0.5) is 24.5 Å². The van der Waals surface area contributed by atoms with Crippen LogP contribution in [0.1, 0.15) is 30.0 Å². The Bertz CT molecular complexity index is 827. The number of hydrogen-bond donors (Lipinski definition) is 1. The van der Waals surface area contributed by atoms with E-state index < -0.39 is 17.6 Å². The van der Waals surface area contributed by atoms with E-state index in [2.05, 4.69) is 5.32 Å². The molecule has 0 heterocycles. The quantitative estimate of drug-likeness (QED) is 0.820. The highest BCUT2D eigenvalue weighted by molar-refractivity contribution is 5.95. The average Bonchev–Trinajstić information content (AvgIpc) is 2.53. The van der Waals surface area contributed by atoms with Crippen molar-refractivity contribution in [2.75, 3.05) is 16.8 Å². The lowest BCUT2D eigenvalue weighted by Crippen LogP contribution is -2.32. The Labute approximate surface area is 156 Å². The van der Waals surface area contributed by atoms with Crippen LogP contribution in [0.25, 0.3) is 0 Å². The molecule has 0 aromatic heterocycles. The minimum atomic E-state index is -4.56. The van der Waals surface area contributed by atoms with E-state index in [1.54, 1.807) is 0 Å². The minimum absolute atomic E-state index is 0.0677. The molecule has 7 heteroatoms. The Morgan fingerprint density at radius 1 is 1.04 bits per heavy atom. The molecule has 0 atom stereocenters. The molecule has 2 rings (SSSR count). The third-order valence-electron chi connectivity index (χ3n) is 3.97. The third-order valence-corrected chi connectivity index (χ3v) is 3.97. The van der Waals surface area contributed by atoms with Gasteiger partial charge in [-0.25, -0.2) is 0 Å². The second-order valence-electron chi connectivity index (χ2n) is 6.36. The maximum Gasteiger partial charge on any atom is 0.418 e. The second kappa shape index (κ2) is 8.24. The number of carbonyl (C=O) groups is 2. The van der Waals surface area contributed by atoms with E-state index in [0.717, 1.165) is 17.2 Å². The topological polar surface area (TPSA) is 49.4 Å². The van der Waals surface area contributed by atoms with E-state index in [4.69, 9.17) is 0 Å². The summed E-state index contributed by atoms with van der Waals surface area (Å²) < 4.78 is 39.0. The molecule has 144 valence electrons. The van der Waals surface area contributed by atoms with Crippen molar-refractivity contribution in [2.24, 2.45) is 0 Å². The fraction of sp³-hybridized carbons (Fsp3) is 0.300. The summed E-state index contributed by atoms with van der Waals surface area (Å²) in [7, 11) is 0. The van der Waals surface area contributed by atoms with Crippen LogP contribution in [0.5, 0.6) is 0 Å². The van der Waals surface area contributed by atoms with E-state index in [-0.39, 0.29) is 24.6 Å².